The van der Waals surface area contributed by atoms with Crippen LogP contribution in [0.25, 0.3) is 0 Å². The molecule has 6 nitrogen and oxygen atoms in total. The van der Waals surface area contributed by atoms with E-state index in [0.717, 1.165) is 13.1 Å². The number of aryl methyl sites for hydroxylation is 1. The summed E-state index contributed by atoms with van der Waals surface area (Å²) in [5.41, 5.74) is 7.94. The molecule has 0 saturated carbocycles. The average molecular weight is 285 g/mol. The van der Waals surface area contributed by atoms with Gasteiger partial charge in [0.25, 0.3) is 5.91 Å². The van der Waals surface area contributed by atoms with Crippen molar-refractivity contribution in [2.75, 3.05) is 36.8 Å². The van der Waals surface area contributed by atoms with Crippen molar-refractivity contribution in [2.24, 2.45) is 7.05 Å². The van der Waals surface area contributed by atoms with Gasteiger partial charge in [0, 0.05) is 38.9 Å². The summed E-state index contributed by atoms with van der Waals surface area (Å²) in [7, 11) is 1.74. The molecular weight excluding hydrogens is 266 g/mol. The first-order valence-corrected chi connectivity index (χ1v) is 7.03. The molecule has 0 aliphatic carbocycles. The molecule has 1 aromatic heterocycles. The van der Waals surface area contributed by atoms with Crippen molar-refractivity contribution in [3.05, 3.63) is 42.2 Å². The number of nitrogen functional groups attached to an aromatic ring is 1. The fourth-order valence-electron chi connectivity index (χ4n) is 2.67. The molecular formula is C15H19N5O. The molecule has 1 amide bonds. The quantitative estimate of drug-likeness (QED) is 0.892. The van der Waals surface area contributed by atoms with Crippen LogP contribution in [0.5, 0.6) is 0 Å². The monoisotopic (exact) mass is 285 g/mol. The molecule has 21 heavy (non-hydrogen) atoms. The third-order valence-electron chi connectivity index (χ3n) is 3.86. The summed E-state index contributed by atoms with van der Waals surface area (Å²) >= 11 is 0. The van der Waals surface area contributed by atoms with Crippen LogP contribution >= 0.6 is 0 Å². The molecule has 1 fully saturated rings. The highest BCUT2D eigenvalue weighted by molar-refractivity contribution is 5.97. The van der Waals surface area contributed by atoms with E-state index in [9.17, 15) is 4.79 Å². The third kappa shape index (κ3) is 2.56. The second-order valence-corrected chi connectivity index (χ2v) is 5.19. The Balaban J connectivity index is 1.68. The van der Waals surface area contributed by atoms with Gasteiger partial charge in [-0.05, 0) is 12.1 Å². The molecule has 0 radical (unpaired) electrons. The number of hydrogen-bond acceptors (Lipinski definition) is 4. The molecule has 2 N–H and O–H groups in total. The number of para-hydroxylation sites is 1. The van der Waals surface area contributed by atoms with Gasteiger partial charge in [-0.25, -0.2) is 0 Å². The number of benzene rings is 1. The van der Waals surface area contributed by atoms with E-state index in [1.165, 1.54) is 11.9 Å². The molecule has 110 valence electrons. The minimum absolute atomic E-state index is 0.0415. The molecule has 3 rings (SSSR count). The van der Waals surface area contributed by atoms with Crippen molar-refractivity contribution in [2.45, 2.75) is 0 Å². The number of anilines is 2. The number of hydrogen-bond donors (Lipinski definition) is 1. The number of piperazine rings is 1. The van der Waals surface area contributed by atoms with Crippen molar-refractivity contribution < 1.29 is 4.79 Å². The lowest BCUT2D eigenvalue weighted by molar-refractivity contribution is 0.0737. The van der Waals surface area contributed by atoms with Crippen LogP contribution < -0.4 is 10.6 Å². The SMILES string of the molecule is Cn1ncc(N)c1C(=O)N1CCN(c2ccccc2)CC1. The maximum absolute atomic E-state index is 12.5. The van der Waals surface area contributed by atoms with Crippen LogP contribution in [0.4, 0.5) is 11.4 Å². The van der Waals surface area contributed by atoms with E-state index in [-0.39, 0.29) is 5.91 Å². The van der Waals surface area contributed by atoms with E-state index < -0.39 is 0 Å². The average Bonchev–Trinajstić information content (AvgIpc) is 2.87. The van der Waals surface area contributed by atoms with Crippen LogP contribution in [-0.4, -0.2) is 46.8 Å². The van der Waals surface area contributed by atoms with Crippen LogP contribution in [0, 0.1) is 0 Å². The zero-order valence-electron chi connectivity index (χ0n) is 12.1. The van der Waals surface area contributed by atoms with E-state index in [4.69, 9.17) is 5.73 Å². The number of carbonyl (C=O) groups is 1. The first-order valence-electron chi connectivity index (χ1n) is 7.03. The van der Waals surface area contributed by atoms with Crippen molar-refractivity contribution >= 4 is 17.3 Å². The Morgan fingerprint density at radius 2 is 1.81 bits per heavy atom. The lowest BCUT2D eigenvalue weighted by Crippen LogP contribution is -2.49. The molecule has 1 aliphatic rings. The molecule has 0 bridgehead atoms. The van der Waals surface area contributed by atoms with Crippen LogP contribution in [0.3, 0.4) is 0 Å². The number of nitrogens with two attached hydrogens (primary N) is 1. The first-order chi connectivity index (χ1) is 10.2. The third-order valence-corrected chi connectivity index (χ3v) is 3.86. The van der Waals surface area contributed by atoms with E-state index in [1.54, 1.807) is 11.7 Å². The number of nitrogens with zero attached hydrogens (tertiary/aromatic N) is 4. The molecule has 1 aromatic carbocycles. The summed E-state index contributed by atoms with van der Waals surface area (Å²) in [6, 6.07) is 10.3. The maximum atomic E-state index is 12.5. The van der Waals surface area contributed by atoms with Gasteiger partial charge in [0.2, 0.25) is 0 Å². The van der Waals surface area contributed by atoms with Crippen LogP contribution in [0.1, 0.15) is 10.5 Å². The van der Waals surface area contributed by atoms with Gasteiger partial charge in [-0.15, -0.1) is 0 Å². The van der Waals surface area contributed by atoms with Gasteiger partial charge < -0.3 is 15.5 Å². The van der Waals surface area contributed by atoms with Crippen molar-refractivity contribution in [3.63, 3.8) is 0 Å². The number of amides is 1. The molecule has 1 saturated heterocycles. The Bertz CT molecular complexity index is 609. The molecule has 1 aliphatic heterocycles. The van der Waals surface area contributed by atoms with E-state index in [0.29, 0.717) is 24.5 Å². The fraction of sp³-hybridized carbons (Fsp3) is 0.333. The van der Waals surface area contributed by atoms with Gasteiger partial charge in [0.05, 0.1) is 11.9 Å². The Morgan fingerprint density at radius 1 is 1.14 bits per heavy atom. The van der Waals surface area contributed by atoms with E-state index in [1.807, 2.05) is 23.1 Å². The zero-order chi connectivity index (χ0) is 14.8. The van der Waals surface area contributed by atoms with Gasteiger partial charge in [-0.3, -0.25) is 9.48 Å². The van der Waals surface area contributed by atoms with Gasteiger partial charge in [-0.1, -0.05) is 18.2 Å². The summed E-state index contributed by atoms with van der Waals surface area (Å²) in [5.74, 6) is -0.0415. The standard InChI is InChI=1S/C15H19N5O/c1-18-14(13(16)11-17-18)15(21)20-9-7-19(8-10-20)12-5-3-2-4-6-12/h2-6,11H,7-10,16H2,1H3. The van der Waals surface area contributed by atoms with Crippen LogP contribution in [0.2, 0.25) is 0 Å². The Morgan fingerprint density at radius 3 is 2.38 bits per heavy atom. The summed E-state index contributed by atoms with van der Waals surface area (Å²) in [5, 5.41) is 4.03. The van der Waals surface area contributed by atoms with Gasteiger partial charge in [0.1, 0.15) is 5.69 Å². The van der Waals surface area contributed by atoms with Crippen LogP contribution in [0.15, 0.2) is 36.5 Å². The summed E-state index contributed by atoms with van der Waals surface area (Å²) in [4.78, 5) is 16.6. The predicted octanol–water partition coefficient (Wildman–Crippen LogP) is 0.965. The minimum atomic E-state index is -0.0415. The maximum Gasteiger partial charge on any atom is 0.274 e. The molecule has 6 heteroatoms. The second kappa shape index (κ2) is 5.47. The Hall–Kier alpha value is -2.50. The Kier molecular flexibility index (Phi) is 3.51. The first kappa shape index (κ1) is 13.5. The lowest BCUT2D eigenvalue weighted by Gasteiger charge is -2.36. The summed E-state index contributed by atoms with van der Waals surface area (Å²) < 4.78 is 1.54. The summed E-state index contributed by atoms with van der Waals surface area (Å²) in [6.45, 7) is 3.04. The molecule has 0 spiro atoms. The zero-order valence-corrected chi connectivity index (χ0v) is 12.1. The normalized spacial score (nSPS) is 15.3. The van der Waals surface area contributed by atoms with Crippen molar-refractivity contribution in [1.82, 2.24) is 14.7 Å². The second-order valence-electron chi connectivity index (χ2n) is 5.19. The molecule has 2 aromatic rings. The highest BCUT2D eigenvalue weighted by atomic mass is 16.2. The molecule has 2 heterocycles. The van der Waals surface area contributed by atoms with Crippen molar-refractivity contribution in [3.8, 4) is 0 Å². The minimum Gasteiger partial charge on any atom is -0.396 e. The van der Waals surface area contributed by atoms with Gasteiger partial charge in [0.15, 0.2) is 0 Å². The fourth-order valence-corrected chi connectivity index (χ4v) is 2.67. The highest BCUT2D eigenvalue weighted by Crippen LogP contribution is 2.18. The highest BCUT2D eigenvalue weighted by Gasteiger charge is 2.25. The largest absolute Gasteiger partial charge is 0.396 e. The van der Waals surface area contributed by atoms with E-state index in [2.05, 4.69) is 22.1 Å². The van der Waals surface area contributed by atoms with Crippen molar-refractivity contribution in [1.29, 1.82) is 0 Å². The Labute approximate surface area is 123 Å². The number of aromatic nitrogens is 2. The smallest absolute Gasteiger partial charge is 0.274 e. The van der Waals surface area contributed by atoms with Gasteiger partial charge >= 0.3 is 0 Å². The summed E-state index contributed by atoms with van der Waals surface area (Å²) in [6.07, 6.45) is 1.52. The predicted molar refractivity (Wildman–Crippen MR) is 82.2 cm³/mol. The lowest BCUT2D eigenvalue weighted by atomic mass is 10.2. The molecule has 0 unspecified atom stereocenters. The van der Waals surface area contributed by atoms with E-state index >= 15 is 0 Å². The topological polar surface area (TPSA) is 67.4 Å². The van der Waals surface area contributed by atoms with Crippen LogP contribution in [-0.2, 0) is 7.05 Å². The molecule has 0 atom stereocenters. The number of carbonyl (C=O) groups excluding carboxylic acids is 1. The number of rotatable bonds is 2. The van der Waals surface area contributed by atoms with Gasteiger partial charge in [-0.2, -0.15) is 5.10 Å².